The molecule has 1 saturated carbocycles. The molecule has 4 heteroatoms. The van der Waals surface area contributed by atoms with Crippen molar-refractivity contribution in [2.45, 2.75) is 38.1 Å². The van der Waals surface area contributed by atoms with Crippen molar-refractivity contribution >= 4 is 5.91 Å². The van der Waals surface area contributed by atoms with E-state index in [1.165, 1.54) is 12.8 Å². The van der Waals surface area contributed by atoms with Crippen LogP contribution in [0.5, 0.6) is 0 Å². The third-order valence-corrected chi connectivity index (χ3v) is 4.73. The zero-order valence-electron chi connectivity index (χ0n) is 11.8. The standard InChI is InChI=1S/C14H27N3O/c1-16(2)12-7-8-17(10-12)14(18)13-6-4-3-5-11(13)9-15/h11-13H,3-10,15H2,1-2H3. The van der Waals surface area contributed by atoms with E-state index in [-0.39, 0.29) is 5.92 Å². The largest absolute Gasteiger partial charge is 0.341 e. The Kier molecular flexibility index (Phi) is 4.62. The van der Waals surface area contributed by atoms with Crippen LogP contribution in [0.4, 0.5) is 0 Å². The molecule has 2 aliphatic rings. The predicted octanol–water partition coefficient (Wildman–Crippen LogP) is 0.914. The highest BCUT2D eigenvalue weighted by Gasteiger charge is 2.36. The summed E-state index contributed by atoms with van der Waals surface area (Å²) in [6.45, 7) is 2.50. The highest BCUT2D eigenvalue weighted by molar-refractivity contribution is 5.79. The maximum Gasteiger partial charge on any atom is 0.226 e. The number of likely N-dealkylation sites (N-methyl/N-ethyl adjacent to an activating group) is 1. The smallest absolute Gasteiger partial charge is 0.226 e. The van der Waals surface area contributed by atoms with E-state index in [2.05, 4.69) is 23.9 Å². The molecule has 0 radical (unpaired) electrons. The average molecular weight is 253 g/mol. The number of amides is 1. The first-order valence-electron chi connectivity index (χ1n) is 7.28. The van der Waals surface area contributed by atoms with Crippen molar-refractivity contribution in [1.82, 2.24) is 9.80 Å². The van der Waals surface area contributed by atoms with Gasteiger partial charge in [-0.1, -0.05) is 12.8 Å². The third-order valence-electron chi connectivity index (χ3n) is 4.73. The maximum atomic E-state index is 12.6. The summed E-state index contributed by atoms with van der Waals surface area (Å²) in [5.41, 5.74) is 5.83. The lowest BCUT2D eigenvalue weighted by molar-refractivity contribution is -0.137. The Balaban J connectivity index is 1.94. The summed E-state index contributed by atoms with van der Waals surface area (Å²) in [4.78, 5) is 16.9. The lowest BCUT2D eigenvalue weighted by Crippen LogP contribution is -2.42. The van der Waals surface area contributed by atoms with Crippen LogP contribution in [0.3, 0.4) is 0 Å². The summed E-state index contributed by atoms with van der Waals surface area (Å²) in [5, 5.41) is 0. The minimum absolute atomic E-state index is 0.199. The van der Waals surface area contributed by atoms with Gasteiger partial charge in [0.15, 0.2) is 0 Å². The van der Waals surface area contributed by atoms with E-state index >= 15 is 0 Å². The summed E-state index contributed by atoms with van der Waals surface area (Å²) in [5.74, 6) is 0.990. The van der Waals surface area contributed by atoms with Crippen LogP contribution in [0, 0.1) is 11.8 Å². The Hall–Kier alpha value is -0.610. The van der Waals surface area contributed by atoms with E-state index in [1.807, 2.05) is 0 Å². The minimum atomic E-state index is 0.199. The van der Waals surface area contributed by atoms with Crippen LogP contribution in [0.15, 0.2) is 0 Å². The first kappa shape index (κ1) is 13.8. The molecule has 0 spiro atoms. The number of nitrogens with two attached hydrogens (primary N) is 1. The number of hydrogen-bond donors (Lipinski definition) is 1. The molecule has 3 unspecified atom stereocenters. The number of hydrogen-bond acceptors (Lipinski definition) is 3. The number of carbonyl (C=O) groups is 1. The number of carbonyl (C=O) groups excluding carboxylic acids is 1. The zero-order chi connectivity index (χ0) is 13.1. The molecule has 0 aromatic heterocycles. The van der Waals surface area contributed by atoms with Gasteiger partial charge >= 0.3 is 0 Å². The van der Waals surface area contributed by atoms with Crippen molar-refractivity contribution in [3.05, 3.63) is 0 Å². The summed E-state index contributed by atoms with van der Waals surface area (Å²) < 4.78 is 0. The molecule has 1 aliphatic carbocycles. The first-order valence-corrected chi connectivity index (χ1v) is 7.28. The van der Waals surface area contributed by atoms with E-state index in [0.29, 0.717) is 24.4 Å². The Morgan fingerprint density at radius 3 is 2.61 bits per heavy atom. The minimum Gasteiger partial charge on any atom is -0.341 e. The van der Waals surface area contributed by atoms with Crippen molar-refractivity contribution in [3.63, 3.8) is 0 Å². The third kappa shape index (κ3) is 2.86. The summed E-state index contributed by atoms with van der Waals surface area (Å²) in [7, 11) is 4.20. The Morgan fingerprint density at radius 2 is 2.00 bits per heavy atom. The molecule has 3 atom stereocenters. The highest BCUT2D eigenvalue weighted by Crippen LogP contribution is 2.31. The van der Waals surface area contributed by atoms with Crippen molar-refractivity contribution in [3.8, 4) is 0 Å². The summed E-state index contributed by atoms with van der Waals surface area (Å²) >= 11 is 0. The van der Waals surface area contributed by atoms with Gasteiger partial charge in [-0.3, -0.25) is 4.79 Å². The van der Waals surface area contributed by atoms with Crippen LogP contribution in [0.25, 0.3) is 0 Å². The molecular formula is C14H27N3O. The second kappa shape index (κ2) is 6.02. The van der Waals surface area contributed by atoms with Gasteiger partial charge in [-0.25, -0.2) is 0 Å². The van der Waals surface area contributed by atoms with Gasteiger partial charge in [0.1, 0.15) is 0 Å². The fourth-order valence-electron chi connectivity index (χ4n) is 3.41. The van der Waals surface area contributed by atoms with E-state index in [0.717, 1.165) is 32.4 Å². The molecule has 1 aliphatic heterocycles. The topological polar surface area (TPSA) is 49.6 Å². The number of nitrogens with zero attached hydrogens (tertiary/aromatic N) is 2. The van der Waals surface area contributed by atoms with E-state index in [1.54, 1.807) is 0 Å². The molecule has 0 bridgehead atoms. The normalized spacial score (nSPS) is 33.1. The first-order chi connectivity index (χ1) is 8.63. The van der Waals surface area contributed by atoms with Crippen molar-refractivity contribution in [1.29, 1.82) is 0 Å². The van der Waals surface area contributed by atoms with Gasteiger partial charge in [-0.05, 0) is 45.8 Å². The Morgan fingerprint density at radius 1 is 1.28 bits per heavy atom. The Labute approximate surface area is 110 Å². The van der Waals surface area contributed by atoms with Crippen LogP contribution in [-0.4, -0.2) is 55.5 Å². The highest BCUT2D eigenvalue weighted by atomic mass is 16.2. The fraction of sp³-hybridized carbons (Fsp3) is 0.929. The molecule has 18 heavy (non-hydrogen) atoms. The van der Waals surface area contributed by atoms with Crippen LogP contribution >= 0.6 is 0 Å². The van der Waals surface area contributed by atoms with Gasteiger partial charge in [0.25, 0.3) is 0 Å². The molecule has 1 saturated heterocycles. The quantitative estimate of drug-likeness (QED) is 0.813. The van der Waals surface area contributed by atoms with Crippen LogP contribution < -0.4 is 5.73 Å². The van der Waals surface area contributed by atoms with Crippen molar-refractivity contribution in [2.75, 3.05) is 33.7 Å². The van der Waals surface area contributed by atoms with Crippen molar-refractivity contribution in [2.24, 2.45) is 17.6 Å². The van der Waals surface area contributed by atoms with Gasteiger partial charge in [0.2, 0.25) is 5.91 Å². The van der Waals surface area contributed by atoms with Crippen LogP contribution in [0.1, 0.15) is 32.1 Å². The molecular weight excluding hydrogens is 226 g/mol. The molecule has 4 nitrogen and oxygen atoms in total. The lowest BCUT2D eigenvalue weighted by Gasteiger charge is -2.32. The number of likely N-dealkylation sites (tertiary alicyclic amines) is 1. The SMILES string of the molecule is CN(C)C1CCN(C(=O)C2CCCCC2CN)C1. The number of rotatable bonds is 3. The molecule has 1 amide bonds. The van der Waals surface area contributed by atoms with Gasteiger partial charge in [0.05, 0.1) is 0 Å². The Bertz CT molecular complexity index is 293. The van der Waals surface area contributed by atoms with Crippen LogP contribution in [-0.2, 0) is 4.79 Å². The summed E-state index contributed by atoms with van der Waals surface area (Å²) in [6, 6.07) is 0.536. The molecule has 2 N–H and O–H groups in total. The van der Waals surface area contributed by atoms with E-state index in [9.17, 15) is 4.79 Å². The van der Waals surface area contributed by atoms with Gasteiger partial charge in [0, 0.05) is 25.0 Å². The fourth-order valence-corrected chi connectivity index (χ4v) is 3.41. The lowest BCUT2D eigenvalue weighted by atomic mass is 9.78. The van der Waals surface area contributed by atoms with E-state index in [4.69, 9.17) is 5.73 Å². The van der Waals surface area contributed by atoms with Gasteiger partial charge < -0.3 is 15.5 Å². The average Bonchev–Trinajstić information content (AvgIpc) is 2.87. The zero-order valence-corrected chi connectivity index (χ0v) is 11.8. The molecule has 104 valence electrons. The second-order valence-electron chi connectivity index (χ2n) is 6.08. The second-order valence-corrected chi connectivity index (χ2v) is 6.08. The van der Waals surface area contributed by atoms with Gasteiger partial charge in [-0.2, -0.15) is 0 Å². The predicted molar refractivity (Wildman–Crippen MR) is 73.2 cm³/mol. The molecule has 2 rings (SSSR count). The van der Waals surface area contributed by atoms with Crippen LogP contribution in [0.2, 0.25) is 0 Å². The summed E-state index contributed by atoms with van der Waals surface area (Å²) in [6.07, 6.45) is 5.73. The maximum absolute atomic E-state index is 12.6. The van der Waals surface area contributed by atoms with Crippen molar-refractivity contribution < 1.29 is 4.79 Å². The molecule has 2 fully saturated rings. The molecule has 1 heterocycles. The van der Waals surface area contributed by atoms with E-state index < -0.39 is 0 Å². The van der Waals surface area contributed by atoms with Gasteiger partial charge in [-0.15, -0.1) is 0 Å². The monoisotopic (exact) mass is 253 g/mol. The molecule has 0 aromatic carbocycles. The molecule has 0 aromatic rings.